The summed E-state index contributed by atoms with van der Waals surface area (Å²) in [6.45, 7) is 4.40. The molecular weight excluding hydrogens is 226 g/mol. The molecule has 1 aromatic rings. The van der Waals surface area contributed by atoms with Crippen molar-refractivity contribution >= 4 is 5.95 Å². The second-order valence-electron chi connectivity index (χ2n) is 5.17. The van der Waals surface area contributed by atoms with E-state index in [0.717, 1.165) is 32.1 Å². The maximum Gasteiger partial charge on any atom is 0.225 e. The summed E-state index contributed by atoms with van der Waals surface area (Å²) in [5, 5.41) is 7.16. The largest absolute Gasteiger partial charge is 0.341 e. The molecule has 1 atom stereocenters. The van der Waals surface area contributed by atoms with Crippen LogP contribution in [-0.4, -0.2) is 48.2 Å². The van der Waals surface area contributed by atoms with Crippen molar-refractivity contribution < 1.29 is 0 Å². The van der Waals surface area contributed by atoms with Gasteiger partial charge in [0, 0.05) is 44.1 Å². The molecule has 0 spiro atoms. The molecule has 2 aliphatic rings. The lowest BCUT2D eigenvalue weighted by Crippen LogP contribution is -2.47. The molecule has 0 radical (unpaired) electrons. The molecule has 3 heterocycles. The molecule has 0 bridgehead atoms. The van der Waals surface area contributed by atoms with Crippen LogP contribution in [0.4, 0.5) is 5.95 Å². The van der Waals surface area contributed by atoms with E-state index in [9.17, 15) is 0 Å². The number of nitrogens with one attached hydrogen (secondary N) is 2. The summed E-state index contributed by atoms with van der Waals surface area (Å²) >= 11 is 0. The minimum absolute atomic E-state index is 0.662. The first kappa shape index (κ1) is 11.9. The van der Waals surface area contributed by atoms with Gasteiger partial charge in [-0.2, -0.15) is 0 Å². The zero-order chi connectivity index (χ0) is 12.2. The fourth-order valence-electron chi connectivity index (χ4n) is 2.83. The summed E-state index contributed by atoms with van der Waals surface area (Å²) < 4.78 is 0. The van der Waals surface area contributed by atoms with Crippen LogP contribution >= 0.6 is 0 Å². The molecule has 5 heteroatoms. The van der Waals surface area contributed by atoms with Crippen LogP contribution in [0.2, 0.25) is 0 Å². The third kappa shape index (κ3) is 2.79. The highest BCUT2D eigenvalue weighted by atomic mass is 15.3. The molecule has 2 N–H and O–H groups in total. The minimum Gasteiger partial charge on any atom is -0.341 e. The van der Waals surface area contributed by atoms with Crippen molar-refractivity contribution in [1.82, 2.24) is 20.6 Å². The quantitative estimate of drug-likeness (QED) is 0.809. The van der Waals surface area contributed by atoms with Crippen LogP contribution in [0.25, 0.3) is 0 Å². The van der Waals surface area contributed by atoms with Gasteiger partial charge in [0.2, 0.25) is 5.95 Å². The van der Waals surface area contributed by atoms with E-state index in [4.69, 9.17) is 0 Å². The molecule has 1 unspecified atom stereocenters. The van der Waals surface area contributed by atoms with Gasteiger partial charge in [0.15, 0.2) is 0 Å². The molecular formula is C13H21N5. The molecule has 2 fully saturated rings. The highest BCUT2D eigenvalue weighted by Crippen LogP contribution is 2.16. The third-order valence-electron chi connectivity index (χ3n) is 3.86. The van der Waals surface area contributed by atoms with Crippen LogP contribution in [0.5, 0.6) is 0 Å². The Morgan fingerprint density at radius 1 is 1.11 bits per heavy atom. The van der Waals surface area contributed by atoms with E-state index in [2.05, 4.69) is 25.5 Å². The van der Waals surface area contributed by atoms with Crippen molar-refractivity contribution in [2.45, 2.75) is 31.3 Å². The second-order valence-corrected chi connectivity index (χ2v) is 5.17. The Bertz CT molecular complexity index is 355. The zero-order valence-corrected chi connectivity index (χ0v) is 10.7. The summed E-state index contributed by atoms with van der Waals surface area (Å²) in [5.74, 6) is 0.874. The second kappa shape index (κ2) is 5.63. The Morgan fingerprint density at radius 2 is 1.89 bits per heavy atom. The molecule has 0 amide bonds. The van der Waals surface area contributed by atoms with E-state index in [0.29, 0.717) is 12.1 Å². The third-order valence-corrected chi connectivity index (χ3v) is 3.86. The number of aromatic nitrogens is 2. The number of nitrogens with zero attached hydrogens (tertiary/aromatic N) is 3. The van der Waals surface area contributed by atoms with E-state index in [1.807, 2.05) is 18.5 Å². The van der Waals surface area contributed by atoms with Gasteiger partial charge in [0.1, 0.15) is 0 Å². The molecule has 98 valence electrons. The van der Waals surface area contributed by atoms with Crippen molar-refractivity contribution in [3.8, 4) is 0 Å². The Balaban J connectivity index is 1.49. The average Bonchev–Trinajstić information content (AvgIpc) is 2.94. The normalized spacial score (nSPS) is 25.6. The Morgan fingerprint density at radius 3 is 2.56 bits per heavy atom. The van der Waals surface area contributed by atoms with Gasteiger partial charge in [-0.15, -0.1) is 0 Å². The lowest BCUT2D eigenvalue weighted by Gasteiger charge is -2.33. The highest BCUT2D eigenvalue weighted by Gasteiger charge is 2.24. The number of anilines is 1. The van der Waals surface area contributed by atoms with E-state index in [1.54, 1.807) is 0 Å². The molecule has 0 aliphatic carbocycles. The molecule has 3 rings (SSSR count). The van der Waals surface area contributed by atoms with E-state index >= 15 is 0 Å². The van der Waals surface area contributed by atoms with Gasteiger partial charge in [-0.05, 0) is 31.9 Å². The molecule has 1 aromatic heterocycles. The SMILES string of the molecule is c1cnc(N2CCC(NC3CCNC3)CC2)nc1. The molecule has 0 saturated carbocycles. The molecule has 2 saturated heterocycles. The Kier molecular flexibility index (Phi) is 3.71. The highest BCUT2D eigenvalue weighted by molar-refractivity contribution is 5.29. The van der Waals surface area contributed by atoms with Gasteiger partial charge in [0.05, 0.1) is 0 Å². The maximum atomic E-state index is 4.32. The maximum absolute atomic E-state index is 4.32. The van der Waals surface area contributed by atoms with Gasteiger partial charge in [-0.25, -0.2) is 9.97 Å². The molecule has 0 aromatic carbocycles. The fourth-order valence-corrected chi connectivity index (χ4v) is 2.83. The van der Waals surface area contributed by atoms with Gasteiger partial charge < -0.3 is 15.5 Å². The van der Waals surface area contributed by atoms with Crippen LogP contribution in [0.15, 0.2) is 18.5 Å². The van der Waals surface area contributed by atoms with Crippen LogP contribution in [0, 0.1) is 0 Å². The number of hydrogen-bond acceptors (Lipinski definition) is 5. The summed E-state index contributed by atoms with van der Waals surface area (Å²) in [5.41, 5.74) is 0. The summed E-state index contributed by atoms with van der Waals surface area (Å²) in [7, 11) is 0. The van der Waals surface area contributed by atoms with Crippen LogP contribution in [0.1, 0.15) is 19.3 Å². The van der Waals surface area contributed by atoms with Gasteiger partial charge >= 0.3 is 0 Å². The summed E-state index contributed by atoms with van der Waals surface area (Å²) in [4.78, 5) is 10.9. The minimum atomic E-state index is 0.662. The summed E-state index contributed by atoms with van der Waals surface area (Å²) in [6.07, 6.45) is 7.28. The number of piperidine rings is 1. The van der Waals surface area contributed by atoms with Crippen molar-refractivity contribution in [3.63, 3.8) is 0 Å². The monoisotopic (exact) mass is 247 g/mol. The van der Waals surface area contributed by atoms with E-state index in [1.165, 1.54) is 19.3 Å². The first-order valence-electron chi connectivity index (χ1n) is 6.90. The molecule has 18 heavy (non-hydrogen) atoms. The predicted molar refractivity (Wildman–Crippen MR) is 71.7 cm³/mol. The first-order valence-corrected chi connectivity index (χ1v) is 6.90. The van der Waals surface area contributed by atoms with Gasteiger partial charge in [0.25, 0.3) is 0 Å². The van der Waals surface area contributed by atoms with E-state index in [-0.39, 0.29) is 0 Å². The lowest BCUT2D eigenvalue weighted by molar-refractivity contribution is 0.374. The van der Waals surface area contributed by atoms with Gasteiger partial charge in [-0.3, -0.25) is 0 Å². The summed E-state index contributed by atoms with van der Waals surface area (Å²) in [6, 6.07) is 3.20. The number of hydrogen-bond donors (Lipinski definition) is 2. The van der Waals surface area contributed by atoms with Crippen molar-refractivity contribution in [2.75, 3.05) is 31.1 Å². The standard InChI is InChI=1S/C13H21N5/c1-5-15-13(16-6-1)18-8-3-11(4-9-18)17-12-2-7-14-10-12/h1,5-6,11-12,14,17H,2-4,7-10H2. The smallest absolute Gasteiger partial charge is 0.225 e. The van der Waals surface area contributed by atoms with Crippen molar-refractivity contribution in [1.29, 1.82) is 0 Å². The fraction of sp³-hybridized carbons (Fsp3) is 0.692. The molecule has 5 nitrogen and oxygen atoms in total. The molecule has 2 aliphatic heterocycles. The predicted octanol–water partition coefficient (Wildman–Crippen LogP) is 0.397. The van der Waals surface area contributed by atoms with Crippen LogP contribution < -0.4 is 15.5 Å². The first-order chi connectivity index (χ1) is 8.92. The van der Waals surface area contributed by atoms with Crippen LogP contribution in [-0.2, 0) is 0 Å². The Labute approximate surface area is 108 Å². The lowest BCUT2D eigenvalue weighted by atomic mass is 10.0. The van der Waals surface area contributed by atoms with Crippen LogP contribution in [0.3, 0.4) is 0 Å². The topological polar surface area (TPSA) is 53.1 Å². The average molecular weight is 247 g/mol. The van der Waals surface area contributed by atoms with Crippen molar-refractivity contribution in [3.05, 3.63) is 18.5 Å². The number of rotatable bonds is 3. The van der Waals surface area contributed by atoms with Gasteiger partial charge in [-0.1, -0.05) is 0 Å². The van der Waals surface area contributed by atoms with E-state index < -0.39 is 0 Å². The van der Waals surface area contributed by atoms with Crippen molar-refractivity contribution in [2.24, 2.45) is 0 Å². The Hall–Kier alpha value is -1.20. The zero-order valence-electron chi connectivity index (χ0n) is 10.7.